The molecule has 0 bridgehead atoms. The molecule has 0 spiro atoms. The van der Waals surface area contributed by atoms with Crippen LogP contribution in [-0.2, 0) is 6.42 Å². The zero-order valence-corrected chi connectivity index (χ0v) is 28.6. The second-order valence-electron chi connectivity index (χ2n) is 12.0. The van der Waals surface area contributed by atoms with Gasteiger partial charge in [0.15, 0.2) is 0 Å². The summed E-state index contributed by atoms with van der Waals surface area (Å²) in [5, 5.41) is 0. The third-order valence-corrected chi connectivity index (χ3v) is 8.74. The number of benzene rings is 3. The Balaban J connectivity index is 1.72. The normalized spacial score (nSPS) is 15.7. The Morgan fingerprint density at radius 1 is 0.872 bits per heavy atom. The van der Waals surface area contributed by atoms with Gasteiger partial charge in [0.05, 0.1) is 0 Å². The maximum Gasteiger partial charge on any atom is 0.0496 e. The minimum absolute atomic E-state index is 0.0979. The van der Waals surface area contributed by atoms with Crippen molar-refractivity contribution < 1.29 is 0 Å². The van der Waals surface area contributed by atoms with Crippen molar-refractivity contribution in [3.8, 4) is 11.1 Å². The van der Waals surface area contributed by atoms with Crippen molar-refractivity contribution in [3.63, 3.8) is 0 Å². The molecule has 3 aromatic rings. The van der Waals surface area contributed by atoms with E-state index in [0.717, 1.165) is 19.3 Å². The van der Waals surface area contributed by atoms with Crippen molar-refractivity contribution in [1.29, 1.82) is 0 Å². The Labute approximate surface area is 283 Å². The van der Waals surface area contributed by atoms with Crippen molar-refractivity contribution in [3.05, 3.63) is 193 Å². The smallest absolute Gasteiger partial charge is 0.0496 e. The third-order valence-electron chi connectivity index (χ3n) is 8.74. The van der Waals surface area contributed by atoms with E-state index in [0.29, 0.717) is 5.92 Å². The molecule has 0 amide bonds. The minimum atomic E-state index is 0.0979. The molecule has 2 heteroatoms. The van der Waals surface area contributed by atoms with E-state index < -0.39 is 0 Å². The Kier molecular flexibility index (Phi) is 13.0. The van der Waals surface area contributed by atoms with E-state index >= 15 is 0 Å². The lowest BCUT2D eigenvalue weighted by molar-refractivity contribution is 0.784. The number of nitrogens with two attached hydrogens (primary N) is 1. The number of hydrogen-bond acceptors (Lipinski definition) is 2. The molecule has 1 aliphatic rings. The van der Waals surface area contributed by atoms with Gasteiger partial charge in [-0.2, -0.15) is 0 Å². The summed E-state index contributed by atoms with van der Waals surface area (Å²) < 4.78 is 0. The SMILES string of the molecule is C=C/C=C\C(=C/C(C)N(/C(=C/C=C\C(C)/C(C)=C/C/C=C\N)CC)c1ccccc1)Cc1cccc2c1/C(=C\C=C)c1ccccc1-2. The van der Waals surface area contributed by atoms with Crippen molar-refractivity contribution in [2.75, 3.05) is 4.90 Å². The van der Waals surface area contributed by atoms with Crippen LogP contribution in [0.5, 0.6) is 0 Å². The highest BCUT2D eigenvalue weighted by Crippen LogP contribution is 2.46. The average molecular weight is 619 g/mol. The summed E-state index contributed by atoms with van der Waals surface area (Å²) >= 11 is 0. The summed E-state index contributed by atoms with van der Waals surface area (Å²) in [6, 6.07) is 26.2. The zero-order chi connectivity index (χ0) is 33.6. The quantitative estimate of drug-likeness (QED) is 0.106. The molecule has 47 heavy (non-hydrogen) atoms. The predicted octanol–water partition coefficient (Wildman–Crippen LogP) is 11.7. The monoisotopic (exact) mass is 618 g/mol. The Hall–Kier alpha value is -5.08. The van der Waals surface area contributed by atoms with Gasteiger partial charge >= 0.3 is 0 Å². The van der Waals surface area contributed by atoms with Crippen LogP contribution in [0.25, 0.3) is 16.7 Å². The fourth-order valence-corrected chi connectivity index (χ4v) is 6.26. The molecule has 2 unspecified atom stereocenters. The number of allylic oxidation sites excluding steroid dienone is 13. The van der Waals surface area contributed by atoms with E-state index in [4.69, 9.17) is 5.73 Å². The van der Waals surface area contributed by atoms with Crippen LogP contribution >= 0.6 is 0 Å². The van der Waals surface area contributed by atoms with Crippen LogP contribution in [0, 0.1) is 5.92 Å². The molecule has 0 saturated heterocycles. The molecule has 0 fully saturated rings. The molecule has 2 nitrogen and oxygen atoms in total. The van der Waals surface area contributed by atoms with E-state index in [2.05, 4.69) is 161 Å². The van der Waals surface area contributed by atoms with Crippen molar-refractivity contribution in [2.24, 2.45) is 11.7 Å². The number of para-hydroxylation sites is 1. The second kappa shape index (κ2) is 17.6. The molecular weight excluding hydrogens is 569 g/mol. The molecule has 2 atom stereocenters. The van der Waals surface area contributed by atoms with Gasteiger partial charge in [0.2, 0.25) is 0 Å². The van der Waals surface area contributed by atoms with Gasteiger partial charge in [0.1, 0.15) is 0 Å². The molecule has 0 aliphatic heterocycles. The van der Waals surface area contributed by atoms with Crippen LogP contribution in [0.1, 0.15) is 57.2 Å². The summed E-state index contributed by atoms with van der Waals surface area (Å²) in [5.41, 5.74) is 18.2. The first-order chi connectivity index (χ1) is 22.9. The number of hydrogen-bond donors (Lipinski definition) is 1. The number of nitrogens with zero attached hydrogens (tertiary/aromatic N) is 1. The van der Waals surface area contributed by atoms with Crippen LogP contribution in [0.15, 0.2) is 176 Å². The standard InChI is InChI=1S/C45H50N2/c1-7-10-23-37(33-38-24-19-30-44-42-29-15-14-28-41(42)43(20-8-2)45(38)44)32-36(6)47(40-25-12-11-13-26-40)39(9-3)27-18-22-35(5)34(4)21-16-17-31-46/h7-8,10-15,17-32,35-36H,1-2,9,16,33,46H2,3-6H3/b22-18-,23-10-,31-17-,34-21+,37-32+,39-27+,43-20-. The number of fused-ring (bicyclic) bond motifs is 3. The molecule has 0 aromatic heterocycles. The topological polar surface area (TPSA) is 29.3 Å². The van der Waals surface area contributed by atoms with Gasteiger partial charge in [-0.15, -0.1) is 0 Å². The largest absolute Gasteiger partial charge is 0.405 e. The number of anilines is 1. The van der Waals surface area contributed by atoms with Crippen LogP contribution < -0.4 is 10.6 Å². The van der Waals surface area contributed by atoms with Crippen LogP contribution in [0.3, 0.4) is 0 Å². The van der Waals surface area contributed by atoms with Crippen molar-refractivity contribution >= 4 is 11.3 Å². The van der Waals surface area contributed by atoms with Crippen molar-refractivity contribution in [1.82, 2.24) is 0 Å². The Bertz CT molecular complexity index is 1740. The Morgan fingerprint density at radius 3 is 2.30 bits per heavy atom. The third kappa shape index (κ3) is 8.80. The summed E-state index contributed by atoms with van der Waals surface area (Å²) in [6.45, 7) is 16.9. The fraction of sp³-hybridized carbons (Fsp3) is 0.200. The molecule has 2 N–H and O–H groups in total. The predicted molar refractivity (Wildman–Crippen MR) is 207 cm³/mol. The van der Waals surface area contributed by atoms with Gasteiger partial charge in [-0.05, 0) is 102 Å². The maximum absolute atomic E-state index is 5.51. The van der Waals surface area contributed by atoms with Gasteiger partial charge in [-0.1, -0.05) is 154 Å². The molecule has 240 valence electrons. The highest BCUT2D eigenvalue weighted by molar-refractivity contribution is 6.02. The lowest BCUT2D eigenvalue weighted by Gasteiger charge is -2.32. The lowest BCUT2D eigenvalue weighted by Crippen LogP contribution is -2.31. The molecular formula is C45H50N2. The summed E-state index contributed by atoms with van der Waals surface area (Å²) in [5.74, 6) is 0.340. The summed E-state index contributed by atoms with van der Waals surface area (Å²) in [7, 11) is 0. The molecule has 4 rings (SSSR count). The molecule has 0 heterocycles. The average Bonchev–Trinajstić information content (AvgIpc) is 3.41. The summed E-state index contributed by atoms with van der Waals surface area (Å²) in [6.07, 6.45) is 27.7. The van der Waals surface area contributed by atoms with Gasteiger partial charge in [-0.3, -0.25) is 0 Å². The maximum atomic E-state index is 5.51. The van der Waals surface area contributed by atoms with Crippen LogP contribution in [-0.4, -0.2) is 6.04 Å². The number of rotatable bonds is 15. The Morgan fingerprint density at radius 2 is 1.60 bits per heavy atom. The van der Waals surface area contributed by atoms with Crippen molar-refractivity contribution in [2.45, 2.75) is 53.0 Å². The van der Waals surface area contributed by atoms with Gasteiger partial charge in [-0.25, -0.2) is 0 Å². The van der Waals surface area contributed by atoms with E-state index in [1.165, 1.54) is 55.9 Å². The first kappa shape index (κ1) is 34.8. The van der Waals surface area contributed by atoms with E-state index in [1.807, 2.05) is 24.3 Å². The minimum Gasteiger partial charge on any atom is -0.405 e. The molecule has 3 aromatic carbocycles. The molecule has 1 aliphatic carbocycles. The zero-order valence-electron chi connectivity index (χ0n) is 28.6. The highest BCUT2D eigenvalue weighted by Gasteiger charge is 2.25. The van der Waals surface area contributed by atoms with Crippen LogP contribution in [0.4, 0.5) is 5.69 Å². The van der Waals surface area contributed by atoms with E-state index in [-0.39, 0.29) is 6.04 Å². The van der Waals surface area contributed by atoms with Gasteiger partial charge in [0, 0.05) is 17.4 Å². The fourth-order valence-electron chi connectivity index (χ4n) is 6.26. The van der Waals surface area contributed by atoms with E-state index in [9.17, 15) is 0 Å². The lowest BCUT2D eigenvalue weighted by atomic mass is 9.92. The molecule has 0 radical (unpaired) electrons. The molecule has 0 saturated carbocycles. The second-order valence-corrected chi connectivity index (χ2v) is 12.0. The van der Waals surface area contributed by atoms with Gasteiger partial charge in [0.25, 0.3) is 0 Å². The first-order valence-corrected chi connectivity index (χ1v) is 16.7. The first-order valence-electron chi connectivity index (χ1n) is 16.7. The highest BCUT2D eigenvalue weighted by atomic mass is 15.2. The summed E-state index contributed by atoms with van der Waals surface area (Å²) in [4.78, 5) is 2.46. The van der Waals surface area contributed by atoms with Crippen LogP contribution in [0.2, 0.25) is 0 Å². The van der Waals surface area contributed by atoms with Gasteiger partial charge < -0.3 is 10.6 Å². The van der Waals surface area contributed by atoms with E-state index in [1.54, 1.807) is 6.20 Å².